The van der Waals surface area contributed by atoms with Gasteiger partial charge in [0.25, 0.3) is 0 Å². The predicted octanol–water partition coefficient (Wildman–Crippen LogP) is 1.02. The summed E-state index contributed by atoms with van der Waals surface area (Å²) in [6.07, 6.45) is 7.69. The number of amides is 2. The van der Waals surface area contributed by atoms with Crippen molar-refractivity contribution in [3.63, 3.8) is 0 Å². The molecule has 2 atom stereocenters. The van der Waals surface area contributed by atoms with Gasteiger partial charge in [-0.25, -0.2) is 0 Å². The van der Waals surface area contributed by atoms with E-state index < -0.39 is 0 Å². The van der Waals surface area contributed by atoms with Crippen molar-refractivity contribution in [1.29, 1.82) is 0 Å². The standard InChI is InChI=1S/C15H27N3O2/c16-13-6-5-12(11-13)15(20)17-8-7-14(19)18-9-3-1-2-4-10-18/h12-13H,1-11,16H2,(H,17,20). The molecule has 1 aliphatic carbocycles. The van der Waals surface area contributed by atoms with Crippen molar-refractivity contribution in [2.24, 2.45) is 11.7 Å². The molecule has 1 saturated carbocycles. The Kier molecular flexibility index (Phi) is 5.83. The second-order valence-corrected chi connectivity index (χ2v) is 6.11. The number of nitrogens with one attached hydrogen (secondary N) is 1. The first kappa shape index (κ1) is 15.3. The second kappa shape index (κ2) is 7.62. The summed E-state index contributed by atoms with van der Waals surface area (Å²) in [4.78, 5) is 25.9. The molecule has 0 radical (unpaired) electrons. The van der Waals surface area contributed by atoms with Gasteiger partial charge in [-0.15, -0.1) is 0 Å². The molecule has 0 spiro atoms. The minimum atomic E-state index is 0.0540. The average Bonchev–Trinajstić information content (AvgIpc) is 2.71. The van der Waals surface area contributed by atoms with Gasteiger partial charge in [-0.3, -0.25) is 9.59 Å². The van der Waals surface area contributed by atoms with Crippen molar-refractivity contribution in [2.75, 3.05) is 19.6 Å². The molecule has 5 heteroatoms. The molecule has 5 nitrogen and oxygen atoms in total. The zero-order chi connectivity index (χ0) is 14.4. The minimum Gasteiger partial charge on any atom is -0.355 e. The van der Waals surface area contributed by atoms with Gasteiger partial charge in [0.15, 0.2) is 0 Å². The third-order valence-electron chi connectivity index (χ3n) is 4.44. The van der Waals surface area contributed by atoms with Crippen LogP contribution in [-0.2, 0) is 9.59 Å². The smallest absolute Gasteiger partial charge is 0.224 e. The Labute approximate surface area is 121 Å². The molecule has 2 amide bonds. The van der Waals surface area contributed by atoms with Crippen LogP contribution in [0.5, 0.6) is 0 Å². The van der Waals surface area contributed by atoms with E-state index in [9.17, 15) is 9.59 Å². The zero-order valence-electron chi connectivity index (χ0n) is 12.3. The number of nitrogens with two attached hydrogens (primary N) is 1. The molecule has 2 unspecified atom stereocenters. The van der Waals surface area contributed by atoms with Gasteiger partial charge in [-0.1, -0.05) is 12.8 Å². The average molecular weight is 281 g/mol. The largest absolute Gasteiger partial charge is 0.355 e. The number of carbonyl (C=O) groups is 2. The molecule has 1 heterocycles. The Bertz CT molecular complexity index is 338. The van der Waals surface area contributed by atoms with Crippen molar-refractivity contribution >= 4 is 11.8 Å². The van der Waals surface area contributed by atoms with E-state index in [4.69, 9.17) is 5.73 Å². The Morgan fingerprint density at radius 2 is 1.80 bits per heavy atom. The molecule has 114 valence electrons. The van der Waals surface area contributed by atoms with Crippen LogP contribution in [0.1, 0.15) is 51.4 Å². The van der Waals surface area contributed by atoms with Crippen molar-refractivity contribution in [3.8, 4) is 0 Å². The van der Waals surface area contributed by atoms with Crippen LogP contribution in [0.3, 0.4) is 0 Å². The fraction of sp³-hybridized carbons (Fsp3) is 0.867. The first-order valence-electron chi connectivity index (χ1n) is 7.98. The highest BCUT2D eigenvalue weighted by atomic mass is 16.2. The van der Waals surface area contributed by atoms with Crippen LogP contribution in [0, 0.1) is 5.92 Å². The molecule has 0 aromatic carbocycles. The van der Waals surface area contributed by atoms with Crippen LogP contribution in [0.25, 0.3) is 0 Å². The summed E-state index contributed by atoms with van der Waals surface area (Å²) in [6, 6.07) is 0.171. The van der Waals surface area contributed by atoms with E-state index in [1.165, 1.54) is 12.8 Å². The highest BCUT2D eigenvalue weighted by Crippen LogP contribution is 2.23. The van der Waals surface area contributed by atoms with Crippen molar-refractivity contribution < 1.29 is 9.59 Å². The molecule has 0 aromatic heterocycles. The van der Waals surface area contributed by atoms with E-state index in [-0.39, 0.29) is 23.8 Å². The Morgan fingerprint density at radius 3 is 2.40 bits per heavy atom. The van der Waals surface area contributed by atoms with E-state index in [1.54, 1.807) is 0 Å². The first-order valence-corrected chi connectivity index (χ1v) is 7.98. The summed E-state index contributed by atoms with van der Waals surface area (Å²) in [7, 11) is 0. The highest BCUT2D eigenvalue weighted by Gasteiger charge is 2.27. The summed E-state index contributed by atoms with van der Waals surface area (Å²) >= 11 is 0. The lowest BCUT2D eigenvalue weighted by molar-refractivity contribution is -0.131. The normalized spacial score (nSPS) is 27.1. The summed E-state index contributed by atoms with van der Waals surface area (Å²) in [5, 5.41) is 2.89. The molecule has 0 aromatic rings. The maximum absolute atomic E-state index is 12.1. The molecule has 0 bridgehead atoms. The minimum absolute atomic E-state index is 0.0540. The van der Waals surface area contributed by atoms with E-state index in [1.807, 2.05) is 4.90 Å². The maximum Gasteiger partial charge on any atom is 0.224 e. The van der Waals surface area contributed by atoms with Crippen molar-refractivity contribution in [2.45, 2.75) is 57.4 Å². The third kappa shape index (κ3) is 4.47. The monoisotopic (exact) mass is 281 g/mol. The van der Waals surface area contributed by atoms with Gasteiger partial charge in [0.2, 0.25) is 11.8 Å². The van der Waals surface area contributed by atoms with E-state index in [2.05, 4.69) is 5.32 Å². The number of hydrogen-bond donors (Lipinski definition) is 2. The van der Waals surface area contributed by atoms with Crippen LogP contribution in [0.2, 0.25) is 0 Å². The SMILES string of the molecule is NC1CCC(C(=O)NCCC(=O)N2CCCCCC2)C1. The zero-order valence-corrected chi connectivity index (χ0v) is 12.3. The van der Waals surface area contributed by atoms with Gasteiger partial charge < -0.3 is 16.0 Å². The van der Waals surface area contributed by atoms with Gasteiger partial charge >= 0.3 is 0 Å². The molecular weight excluding hydrogens is 254 g/mol. The number of carbonyl (C=O) groups excluding carboxylic acids is 2. The molecule has 1 saturated heterocycles. The van der Waals surface area contributed by atoms with Gasteiger partial charge in [0.05, 0.1) is 0 Å². The fourth-order valence-corrected chi connectivity index (χ4v) is 3.17. The molecule has 2 rings (SSSR count). The number of hydrogen-bond acceptors (Lipinski definition) is 3. The fourth-order valence-electron chi connectivity index (χ4n) is 3.17. The van der Waals surface area contributed by atoms with E-state index >= 15 is 0 Å². The topological polar surface area (TPSA) is 75.4 Å². The first-order chi connectivity index (χ1) is 9.66. The van der Waals surface area contributed by atoms with Crippen LogP contribution in [0.4, 0.5) is 0 Å². The number of nitrogens with zero attached hydrogens (tertiary/aromatic N) is 1. The van der Waals surface area contributed by atoms with Gasteiger partial charge in [0, 0.05) is 38.0 Å². The summed E-state index contributed by atoms with van der Waals surface area (Å²) in [5.74, 6) is 0.301. The Balaban J connectivity index is 1.64. The van der Waals surface area contributed by atoms with Gasteiger partial charge in [0.1, 0.15) is 0 Å². The van der Waals surface area contributed by atoms with Gasteiger partial charge in [-0.05, 0) is 32.1 Å². The van der Waals surface area contributed by atoms with E-state index in [0.29, 0.717) is 13.0 Å². The van der Waals surface area contributed by atoms with Crippen molar-refractivity contribution in [3.05, 3.63) is 0 Å². The van der Waals surface area contributed by atoms with Gasteiger partial charge in [-0.2, -0.15) is 0 Å². The van der Waals surface area contributed by atoms with E-state index in [0.717, 1.165) is 45.2 Å². The number of rotatable bonds is 4. The van der Waals surface area contributed by atoms with Crippen LogP contribution >= 0.6 is 0 Å². The van der Waals surface area contributed by atoms with Crippen LogP contribution < -0.4 is 11.1 Å². The molecule has 2 aliphatic rings. The second-order valence-electron chi connectivity index (χ2n) is 6.11. The van der Waals surface area contributed by atoms with Crippen LogP contribution in [0.15, 0.2) is 0 Å². The predicted molar refractivity (Wildman–Crippen MR) is 78.0 cm³/mol. The third-order valence-corrected chi connectivity index (χ3v) is 4.44. The molecule has 3 N–H and O–H groups in total. The quantitative estimate of drug-likeness (QED) is 0.808. The summed E-state index contributed by atoms with van der Waals surface area (Å²) in [5.41, 5.74) is 5.81. The highest BCUT2D eigenvalue weighted by molar-refractivity contribution is 5.80. The lowest BCUT2D eigenvalue weighted by Gasteiger charge is -2.20. The lowest BCUT2D eigenvalue weighted by Crippen LogP contribution is -2.36. The molecule has 1 aliphatic heterocycles. The van der Waals surface area contributed by atoms with Crippen LogP contribution in [-0.4, -0.2) is 42.4 Å². The Morgan fingerprint density at radius 1 is 1.10 bits per heavy atom. The molecule has 20 heavy (non-hydrogen) atoms. The molecule has 2 fully saturated rings. The number of likely N-dealkylation sites (tertiary alicyclic amines) is 1. The van der Waals surface area contributed by atoms with Crippen molar-refractivity contribution in [1.82, 2.24) is 10.2 Å². The summed E-state index contributed by atoms with van der Waals surface area (Å²) in [6.45, 7) is 2.22. The Hall–Kier alpha value is -1.10. The lowest BCUT2D eigenvalue weighted by atomic mass is 10.1. The summed E-state index contributed by atoms with van der Waals surface area (Å²) < 4.78 is 0. The molecular formula is C15H27N3O2. The maximum atomic E-state index is 12.1.